The van der Waals surface area contributed by atoms with Crippen molar-refractivity contribution < 1.29 is 8.42 Å². The van der Waals surface area contributed by atoms with Crippen LogP contribution in [0.15, 0.2) is 11.1 Å². The number of likely N-dealkylation sites (N-methyl/N-ethyl adjacent to an activating group) is 1. The Morgan fingerprint density at radius 1 is 1.56 bits per heavy atom. The van der Waals surface area contributed by atoms with Gasteiger partial charge in [-0.1, -0.05) is 0 Å². The summed E-state index contributed by atoms with van der Waals surface area (Å²) in [6.07, 6.45) is 3.14. The average molecular weight is 273 g/mol. The maximum atomic E-state index is 12.4. The van der Waals surface area contributed by atoms with E-state index in [1.165, 1.54) is 10.5 Å². The highest BCUT2D eigenvalue weighted by molar-refractivity contribution is 7.89. The number of nitrogens with zero attached hydrogens (tertiary/aromatic N) is 3. The lowest BCUT2D eigenvalue weighted by atomic mass is 10.1. The van der Waals surface area contributed by atoms with Crippen LogP contribution in [0.1, 0.15) is 12.8 Å². The zero-order valence-corrected chi connectivity index (χ0v) is 11.4. The van der Waals surface area contributed by atoms with Crippen molar-refractivity contribution in [3.8, 4) is 0 Å². The SMILES string of the molecule is CN(C)C1CCCN(S(=O)(=O)c2cn[nH]c2N)C1. The Hall–Kier alpha value is -1.12. The summed E-state index contributed by atoms with van der Waals surface area (Å²) >= 11 is 0. The van der Waals surface area contributed by atoms with Crippen LogP contribution in [0.25, 0.3) is 0 Å². The lowest BCUT2D eigenvalue weighted by Crippen LogP contribution is -2.47. The summed E-state index contributed by atoms with van der Waals surface area (Å²) in [5.41, 5.74) is 5.59. The van der Waals surface area contributed by atoms with Gasteiger partial charge in [0.2, 0.25) is 10.0 Å². The van der Waals surface area contributed by atoms with E-state index in [0.717, 1.165) is 12.8 Å². The highest BCUT2D eigenvalue weighted by Crippen LogP contribution is 2.24. The number of hydrogen-bond acceptors (Lipinski definition) is 5. The van der Waals surface area contributed by atoms with Gasteiger partial charge in [0.1, 0.15) is 10.7 Å². The van der Waals surface area contributed by atoms with E-state index in [1.807, 2.05) is 14.1 Å². The molecule has 1 unspecified atom stereocenters. The number of aromatic nitrogens is 2. The van der Waals surface area contributed by atoms with Crippen LogP contribution in [0.3, 0.4) is 0 Å². The van der Waals surface area contributed by atoms with E-state index in [2.05, 4.69) is 15.1 Å². The molecule has 1 aliphatic rings. The van der Waals surface area contributed by atoms with Gasteiger partial charge in [0.25, 0.3) is 0 Å². The fraction of sp³-hybridized carbons (Fsp3) is 0.700. The first-order valence-electron chi connectivity index (χ1n) is 5.88. The first-order chi connectivity index (χ1) is 8.43. The third kappa shape index (κ3) is 2.36. The predicted octanol–water partition coefficient (Wildman–Crippen LogP) is -0.293. The van der Waals surface area contributed by atoms with E-state index < -0.39 is 10.0 Å². The first kappa shape index (κ1) is 13.3. The lowest BCUT2D eigenvalue weighted by Gasteiger charge is -2.35. The normalized spacial score (nSPS) is 22.5. The van der Waals surface area contributed by atoms with Crippen LogP contribution >= 0.6 is 0 Å². The largest absolute Gasteiger partial charge is 0.383 e. The molecule has 102 valence electrons. The van der Waals surface area contributed by atoms with Gasteiger partial charge < -0.3 is 10.6 Å². The summed E-state index contributed by atoms with van der Waals surface area (Å²) in [5.74, 6) is 0.0991. The van der Waals surface area contributed by atoms with E-state index in [-0.39, 0.29) is 16.8 Å². The van der Waals surface area contributed by atoms with Crippen LogP contribution in [0.5, 0.6) is 0 Å². The first-order valence-corrected chi connectivity index (χ1v) is 7.32. The zero-order valence-electron chi connectivity index (χ0n) is 10.6. The van der Waals surface area contributed by atoms with Crippen LogP contribution in [-0.4, -0.2) is 61.0 Å². The fourth-order valence-electron chi connectivity index (χ4n) is 2.19. The van der Waals surface area contributed by atoms with Crippen LogP contribution in [0.4, 0.5) is 5.82 Å². The number of nitrogen functional groups attached to an aromatic ring is 1. The highest BCUT2D eigenvalue weighted by Gasteiger charge is 2.32. The lowest BCUT2D eigenvalue weighted by molar-refractivity contribution is 0.190. The van der Waals surface area contributed by atoms with Gasteiger partial charge in [-0.15, -0.1) is 0 Å². The molecule has 1 atom stereocenters. The maximum Gasteiger partial charge on any atom is 0.248 e. The number of hydrogen-bond donors (Lipinski definition) is 2. The molecule has 0 saturated carbocycles. The number of aromatic amines is 1. The third-order valence-corrected chi connectivity index (χ3v) is 5.23. The summed E-state index contributed by atoms with van der Waals surface area (Å²) in [5, 5.41) is 6.13. The average Bonchev–Trinajstić information content (AvgIpc) is 2.76. The van der Waals surface area contributed by atoms with Gasteiger partial charge in [-0.3, -0.25) is 5.10 Å². The van der Waals surface area contributed by atoms with Gasteiger partial charge in [-0.05, 0) is 26.9 Å². The molecule has 2 rings (SSSR count). The standard InChI is InChI=1S/C10H19N5O2S/c1-14(2)8-4-3-5-15(7-8)18(16,17)9-6-12-13-10(9)11/h6,8H,3-5,7H2,1-2H3,(H3,11,12,13). The Morgan fingerprint density at radius 2 is 2.28 bits per heavy atom. The molecule has 1 fully saturated rings. The fourth-order valence-corrected chi connectivity index (χ4v) is 3.72. The molecule has 1 saturated heterocycles. The summed E-state index contributed by atoms with van der Waals surface area (Å²) in [6, 6.07) is 0.252. The van der Waals surface area contributed by atoms with E-state index in [1.54, 1.807) is 0 Å². The van der Waals surface area contributed by atoms with Crippen LogP contribution in [-0.2, 0) is 10.0 Å². The summed E-state index contributed by atoms with van der Waals surface area (Å²) in [4.78, 5) is 2.13. The molecule has 1 aromatic rings. The van der Waals surface area contributed by atoms with Gasteiger partial charge in [0.05, 0.1) is 6.20 Å². The highest BCUT2D eigenvalue weighted by atomic mass is 32.2. The van der Waals surface area contributed by atoms with E-state index in [9.17, 15) is 8.42 Å². The quantitative estimate of drug-likeness (QED) is 0.789. The molecule has 0 bridgehead atoms. The van der Waals surface area contributed by atoms with Crippen molar-refractivity contribution >= 4 is 15.8 Å². The second-order valence-corrected chi connectivity index (χ2v) is 6.68. The summed E-state index contributed by atoms with van der Waals surface area (Å²) < 4.78 is 26.3. The number of H-pyrrole nitrogens is 1. The second kappa shape index (κ2) is 4.87. The monoisotopic (exact) mass is 273 g/mol. The minimum absolute atomic E-state index is 0.0712. The van der Waals surface area contributed by atoms with Gasteiger partial charge in [0, 0.05) is 19.1 Å². The third-order valence-electron chi connectivity index (χ3n) is 3.34. The molecular formula is C10H19N5O2S. The van der Waals surface area contributed by atoms with Gasteiger partial charge >= 0.3 is 0 Å². The molecule has 0 radical (unpaired) electrons. The molecule has 0 aliphatic carbocycles. The zero-order chi connectivity index (χ0) is 13.3. The molecule has 3 N–H and O–H groups in total. The minimum Gasteiger partial charge on any atom is -0.383 e. The molecule has 0 aromatic carbocycles. The second-order valence-electron chi connectivity index (χ2n) is 4.77. The van der Waals surface area contributed by atoms with Gasteiger partial charge in [-0.25, -0.2) is 8.42 Å². The van der Waals surface area contributed by atoms with Crippen molar-refractivity contribution in [1.29, 1.82) is 0 Å². The topological polar surface area (TPSA) is 95.3 Å². The van der Waals surface area contributed by atoms with Crippen molar-refractivity contribution in [3.63, 3.8) is 0 Å². The van der Waals surface area contributed by atoms with E-state index in [0.29, 0.717) is 13.1 Å². The number of nitrogens with one attached hydrogen (secondary N) is 1. The number of rotatable bonds is 3. The summed E-state index contributed by atoms with van der Waals surface area (Å²) in [6.45, 7) is 1.04. The van der Waals surface area contributed by atoms with Crippen molar-refractivity contribution in [2.45, 2.75) is 23.8 Å². The number of anilines is 1. The van der Waals surface area contributed by atoms with Gasteiger partial charge in [0.15, 0.2) is 0 Å². The smallest absolute Gasteiger partial charge is 0.248 e. The maximum absolute atomic E-state index is 12.4. The Labute approximate surface area is 107 Å². The van der Waals surface area contributed by atoms with Crippen molar-refractivity contribution in [2.24, 2.45) is 0 Å². The Bertz CT molecular complexity index is 510. The van der Waals surface area contributed by atoms with Crippen molar-refractivity contribution in [2.75, 3.05) is 32.9 Å². The van der Waals surface area contributed by atoms with Crippen molar-refractivity contribution in [3.05, 3.63) is 6.20 Å². The van der Waals surface area contributed by atoms with Crippen LogP contribution in [0, 0.1) is 0 Å². The number of nitrogens with two attached hydrogens (primary N) is 1. The molecule has 7 nitrogen and oxygen atoms in total. The van der Waals surface area contributed by atoms with Crippen LogP contribution < -0.4 is 5.73 Å². The van der Waals surface area contributed by atoms with E-state index in [4.69, 9.17) is 5.73 Å². The molecule has 8 heteroatoms. The predicted molar refractivity (Wildman–Crippen MR) is 68.5 cm³/mol. The molecule has 0 spiro atoms. The Kier molecular flexibility index (Phi) is 3.60. The molecule has 2 heterocycles. The Balaban J connectivity index is 2.23. The van der Waals surface area contributed by atoms with E-state index >= 15 is 0 Å². The molecular weight excluding hydrogens is 254 g/mol. The number of sulfonamides is 1. The van der Waals surface area contributed by atoms with Gasteiger partial charge in [-0.2, -0.15) is 9.40 Å². The van der Waals surface area contributed by atoms with Crippen molar-refractivity contribution in [1.82, 2.24) is 19.4 Å². The minimum atomic E-state index is -3.53. The molecule has 0 amide bonds. The molecule has 1 aromatic heterocycles. The molecule has 1 aliphatic heterocycles. The molecule has 18 heavy (non-hydrogen) atoms. The number of piperidine rings is 1. The summed E-state index contributed by atoms with van der Waals surface area (Å²) in [7, 11) is 0.403. The van der Waals surface area contributed by atoms with Crippen LogP contribution in [0.2, 0.25) is 0 Å². The Morgan fingerprint density at radius 3 is 2.83 bits per heavy atom.